The molecule has 3 rings (SSSR count). The highest BCUT2D eigenvalue weighted by atomic mass is 32.2. The molecule has 1 unspecified atom stereocenters. The minimum atomic E-state index is -3.24. The molecule has 0 radical (unpaired) electrons. The van der Waals surface area contributed by atoms with Gasteiger partial charge in [0, 0.05) is 6.54 Å². The lowest BCUT2D eigenvalue weighted by Crippen LogP contribution is -2.40. The summed E-state index contributed by atoms with van der Waals surface area (Å²) in [5.74, 6) is -0.138. The van der Waals surface area contributed by atoms with Crippen LogP contribution in [0.4, 0.5) is 0 Å². The molecular formula is C15H20N2O4S. The zero-order chi connectivity index (χ0) is 15.7. The van der Waals surface area contributed by atoms with Crippen LogP contribution in [-0.2, 0) is 19.4 Å². The lowest BCUT2D eigenvalue weighted by atomic mass is 10.0. The van der Waals surface area contributed by atoms with Crippen LogP contribution < -0.4 is 11.1 Å². The smallest absolute Gasteiger partial charge is 0.249 e. The van der Waals surface area contributed by atoms with E-state index >= 15 is 0 Å². The first-order chi connectivity index (χ1) is 10.5. The van der Waals surface area contributed by atoms with Gasteiger partial charge in [0.1, 0.15) is 6.10 Å². The minimum absolute atomic E-state index is 0.0475. The fraction of sp³-hybridized carbons (Fsp3) is 0.533. The summed E-state index contributed by atoms with van der Waals surface area (Å²) in [6.45, 7) is 0.411. The standard InChI is InChI=1S/C15H20N2O4S/c16-9-10-5-6-13(21-10)15(18)17-12-7-8-22(19,20)14-4-2-1-3-11(12)14/h1-4,10,12-13H,5-9,16H2,(H,17,18)/t10-,12?,13+/m1/s1. The third-order valence-corrected chi connectivity index (χ3v) is 6.10. The maximum absolute atomic E-state index is 12.3. The van der Waals surface area contributed by atoms with E-state index in [4.69, 9.17) is 10.5 Å². The predicted molar refractivity (Wildman–Crippen MR) is 80.9 cm³/mol. The summed E-state index contributed by atoms with van der Waals surface area (Å²) >= 11 is 0. The van der Waals surface area contributed by atoms with Gasteiger partial charge in [-0.1, -0.05) is 18.2 Å². The number of hydrogen-bond donors (Lipinski definition) is 2. The van der Waals surface area contributed by atoms with Gasteiger partial charge in [0.05, 0.1) is 22.8 Å². The molecule has 7 heteroatoms. The van der Waals surface area contributed by atoms with Crippen molar-refractivity contribution in [3.05, 3.63) is 29.8 Å². The van der Waals surface area contributed by atoms with Crippen molar-refractivity contribution in [1.82, 2.24) is 5.32 Å². The number of hydrogen-bond acceptors (Lipinski definition) is 5. The number of ether oxygens (including phenoxy) is 1. The van der Waals surface area contributed by atoms with Gasteiger partial charge in [-0.3, -0.25) is 4.79 Å². The van der Waals surface area contributed by atoms with Crippen LogP contribution in [0.2, 0.25) is 0 Å². The van der Waals surface area contributed by atoms with E-state index in [9.17, 15) is 13.2 Å². The average Bonchev–Trinajstić information content (AvgIpc) is 2.99. The molecule has 1 aromatic rings. The van der Waals surface area contributed by atoms with Gasteiger partial charge in [0.2, 0.25) is 5.91 Å². The molecule has 1 amide bonds. The molecule has 3 N–H and O–H groups in total. The number of amides is 1. The van der Waals surface area contributed by atoms with E-state index in [1.54, 1.807) is 24.3 Å². The van der Waals surface area contributed by atoms with Gasteiger partial charge in [0.15, 0.2) is 9.84 Å². The fourth-order valence-corrected chi connectivity index (χ4v) is 4.70. The second-order valence-electron chi connectivity index (χ2n) is 5.77. The zero-order valence-electron chi connectivity index (χ0n) is 12.2. The third kappa shape index (κ3) is 2.88. The van der Waals surface area contributed by atoms with Crippen molar-refractivity contribution >= 4 is 15.7 Å². The quantitative estimate of drug-likeness (QED) is 0.845. The van der Waals surface area contributed by atoms with Crippen LogP contribution in [0.5, 0.6) is 0 Å². The summed E-state index contributed by atoms with van der Waals surface area (Å²) < 4.78 is 29.8. The van der Waals surface area contributed by atoms with Gasteiger partial charge < -0.3 is 15.8 Å². The first kappa shape index (κ1) is 15.5. The Labute approximate surface area is 129 Å². The Balaban J connectivity index is 1.75. The molecule has 22 heavy (non-hydrogen) atoms. The van der Waals surface area contributed by atoms with E-state index in [2.05, 4.69) is 5.32 Å². The van der Waals surface area contributed by atoms with Gasteiger partial charge in [-0.25, -0.2) is 8.42 Å². The van der Waals surface area contributed by atoms with E-state index in [0.717, 1.165) is 6.42 Å². The molecule has 3 atom stereocenters. The highest BCUT2D eigenvalue weighted by molar-refractivity contribution is 7.91. The van der Waals surface area contributed by atoms with Crippen LogP contribution in [0.15, 0.2) is 29.2 Å². The highest BCUT2D eigenvalue weighted by Crippen LogP contribution is 2.32. The summed E-state index contributed by atoms with van der Waals surface area (Å²) in [5.41, 5.74) is 6.21. The van der Waals surface area contributed by atoms with Crippen molar-refractivity contribution in [3.63, 3.8) is 0 Å². The van der Waals surface area contributed by atoms with E-state index in [1.807, 2.05) is 0 Å². The summed E-state index contributed by atoms with van der Waals surface area (Å²) in [6, 6.07) is 6.56. The van der Waals surface area contributed by atoms with Crippen LogP contribution in [0.25, 0.3) is 0 Å². The summed E-state index contributed by atoms with van der Waals surface area (Å²) in [7, 11) is -3.24. The zero-order valence-corrected chi connectivity index (χ0v) is 13.0. The molecule has 1 fully saturated rings. The van der Waals surface area contributed by atoms with Crippen molar-refractivity contribution in [3.8, 4) is 0 Å². The molecule has 1 aromatic carbocycles. The first-order valence-electron chi connectivity index (χ1n) is 7.49. The monoisotopic (exact) mass is 324 g/mol. The number of carbonyl (C=O) groups is 1. The van der Waals surface area contributed by atoms with Gasteiger partial charge >= 0.3 is 0 Å². The topological polar surface area (TPSA) is 98.5 Å². The predicted octanol–water partition coefficient (Wildman–Crippen LogP) is 0.528. The fourth-order valence-electron chi connectivity index (χ4n) is 3.08. The minimum Gasteiger partial charge on any atom is -0.364 e. The molecule has 0 aliphatic carbocycles. The normalized spacial score (nSPS) is 29.8. The van der Waals surface area contributed by atoms with Crippen LogP contribution in [0, 0.1) is 0 Å². The van der Waals surface area contributed by atoms with Crippen LogP contribution in [0.1, 0.15) is 30.9 Å². The lowest BCUT2D eigenvalue weighted by molar-refractivity contribution is -0.132. The number of fused-ring (bicyclic) bond motifs is 1. The number of sulfone groups is 1. The van der Waals surface area contributed by atoms with Crippen molar-refractivity contribution in [2.45, 2.75) is 42.4 Å². The van der Waals surface area contributed by atoms with E-state index in [-0.39, 0.29) is 23.8 Å². The Morgan fingerprint density at radius 2 is 2.05 bits per heavy atom. The molecule has 2 aliphatic heterocycles. The summed E-state index contributed by atoms with van der Waals surface area (Å²) in [6.07, 6.45) is 1.27. The number of nitrogens with two attached hydrogens (primary N) is 1. The van der Waals surface area contributed by atoms with Crippen molar-refractivity contribution in [2.75, 3.05) is 12.3 Å². The van der Waals surface area contributed by atoms with Crippen molar-refractivity contribution in [2.24, 2.45) is 5.73 Å². The van der Waals surface area contributed by atoms with E-state index < -0.39 is 15.9 Å². The molecule has 0 spiro atoms. The second kappa shape index (κ2) is 5.98. The molecule has 6 nitrogen and oxygen atoms in total. The summed E-state index contributed by atoms with van der Waals surface area (Å²) in [5, 5.41) is 2.93. The maximum Gasteiger partial charge on any atom is 0.249 e. The summed E-state index contributed by atoms with van der Waals surface area (Å²) in [4.78, 5) is 12.6. The number of nitrogens with one attached hydrogen (secondary N) is 1. The van der Waals surface area contributed by atoms with Crippen molar-refractivity contribution in [1.29, 1.82) is 0 Å². The maximum atomic E-state index is 12.3. The molecular weight excluding hydrogens is 304 g/mol. The Bertz CT molecular complexity index is 674. The molecule has 1 saturated heterocycles. The molecule has 0 bridgehead atoms. The van der Waals surface area contributed by atoms with Crippen molar-refractivity contribution < 1.29 is 17.9 Å². The van der Waals surface area contributed by atoms with Crippen LogP contribution in [-0.4, -0.2) is 38.8 Å². The number of carbonyl (C=O) groups excluding carboxylic acids is 1. The Morgan fingerprint density at radius 3 is 2.77 bits per heavy atom. The molecule has 2 aliphatic rings. The second-order valence-corrected chi connectivity index (χ2v) is 7.84. The van der Waals surface area contributed by atoms with E-state index in [1.165, 1.54) is 0 Å². The molecule has 120 valence electrons. The SMILES string of the molecule is NC[C@H]1CC[C@@H](C(=O)NC2CCS(=O)(=O)c3ccccc32)O1. The Morgan fingerprint density at radius 1 is 1.27 bits per heavy atom. The molecule has 0 aromatic heterocycles. The molecule has 0 saturated carbocycles. The largest absolute Gasteiger partial charge is 0.364 e. The first-order valence-corrected chi connectivity index (χ1v) is 9.14. The highest BCUT2D eigenvalue weighted by Gasteiger charge is 2.34. The Kier molecular flexibility index (Phi) is 4.20. The number of rotatable bonds is 3. The number of benzene rings is 1. The average molecular weight is 324 g/mol. The van der Waals surface area contributed by atoms with Crippen LogP contribution >= 0.6 is 0 Å². The van der Waals surface area contributed by atoms with E-state index in [0.29, 0.717) is 29.8 Å². The van der Waals surface area contributed by atoms with Gasteiger partial charge in [-0.15, -0.1) is 0 Å². The lowest BCUT2D eigenvalue weighted by Gasteiger charge is -2.27. The van der Waals surface area contributed by atoms with Crippen LogP contribution in [0.3, 0.4) is 0 Å². The van der Waals surface area contributed by atoms with Gasteiger partial charge in [-0.2, -0.15) is 0 Å². The Hall–Kier alpha value is -1.44. The van der Waals surface area contributed by atoms with Gasteiger partial charge in [-0.05, 0) is 30.9 Å². The molecule has 2 heterocycles. The third-order valence-electron chi connectivity index (χ3n) is 4.28. The van der Waals surface area contributed by atoms with Gasteiger partial charge in [0.25, 0.3) is 0 Å².